The van der Waals surface area contributed by atoms with Gasteiger partial charge in [0.25, 0.3) is 0 Å². The van der Waals surface area contributed by atoms with Crippen LogP contribution in [0.3, 0.4) is 0 Å². The Hall–Kier alpha value is -0.860. The molecule has 0 saturated carbocycles. The van der Waals surface area contributed by atoms with Gasteiger partial charge in [-0.05, 0) is 37.3 Å². The third kappa shape index (κ3) is 3.83. The summed E-state index contributed by atoms with van der Waals surface area (Å²) >= 11 is 0. The van der Waals surface area contributed by atoms with Crippen LogP contribution in [-0.4, -0.2) is 25.8 Å². The Morgan fingerprint density at radius 3 is 2.82 bits per heavy atom. The molecule has 2 unspecified atom stereocenters. The lowest BCUT2D eigenvalue weighted by Crippen LogP contribution is -2.41. The average Bonchev–Trinajstić information content (AvgIpc) is 2.40. The summed E-state index contributed by atoms with van der Waals surface area (Å²) in [5, 5.41) is 3.62. The number of ether oxygens (including phenoxy) is 1. The van der Waals surface area contributed by atoms with Crippen LogP contribution in [0.25, 0.3) is 0 Å². The highest BCUT2D eigenvalue weighted by molar-refractivity contribution is 5.16. The van der Waals surface area contributed by atoms with Crippen molar-refractivity contribution in [1.29, 1.82) is 0 Å². The molecule has 17 heavy (non-hydrogen) atoms. The lowest BCUT2D eigenvalue weighted by atomic mass is 9.89. The van der Waals surface area contributed by atoms with Crippen molar-refractivity contribution in [2.45, 2.75) is 32.2 Å². The van der Waals surface area contributed by atoms with E-state index < -0.39 is 0 Å². The van der Waals surface area contributed by atoms with E-state index in [4.69, 9.17) is 4.74 Å². The monoisotopic (exact) mass is 233 g/mol. The molecule has 1 aliphatic rings. The summed E-state index contributed by atoms with van der Waals surface area (Å²) in [4.78, 5) is 0. The van der Waals surface area contributed by atoms with E-state index in [0.29, 0.717) is 12.0 Å². The van der Waals surface area contributed by atoms with Gasteiger partial charge in [-0.1, -0.05) is 37.3 Å². The van der Waals surface area contributed by atoms with E-state index in [2.05, 4.69) is 42.6 Å². The molecule has 94 valence electrons. The van der Waals surface area contributed by atoms with Crippen molar-refractivity contribution in [1.82, 2.24) is 5.32 Å². The second-order valence-corrected chi connectivity index (χ2v) is 4.83. The molecule has 1 aliphatic heterocycles. The van der Waals surface area contributed by atoms with Gasteiger partial charge >= 0.3 is 0 Å². The van der Waals surface area contributed by atoms with Crippen molar-refractivity contribution in [3.8, 4) is 0 Å². The lowest BCUT2D eigenvalue weighted by Gasteiger charge is -2.31. The molecule has 0 aliphatic carbocycles. The van der Waals surface area contributed by atoms with E-state index in [1.54, 1.807) is 0 Å². The molecule has 0 spiro atoms. The van der Waals surface area contributed by atoms with E-state index in [1.165, 1.54) is 18.4 Å². The van der Waals surface area contributed by atoms with E-state index >= 15 is 0 Å². The Balaban J connectivity index is 1.96. The van der Waals surface area contributed by atoms with Gasteiger partial charge in [-0.25, -0.2) is 0 Å². The molecule has 1 N–H and O–H groups in total. The first-order valence-electron chi connectivity index (χ1n) is 6.75. The molecule has 0 radical (unpaired) electrons. The minimum Gasteiger partial charge on any atom is -0.381 e. The normalized spacial score (nSPS) is 22.3. The van der Waals surface area contributed by atoms with Crippen molar-refractivity contribution in [2.24, 2.45) is 5.92 Å². The van der Waals surface area contributed by atoms with Gasteiger partial charge in [0.2, 0.25) is 0 Å². The second kappa shape index (κ2) is 6.77. The summed E-state index contributed by atoms with van der Waals surface area (Å²) in [7, 11) is 0. The second-order valence-electron chi connectivity index (χ2n) is 4.83. The fourth-order valence-electron chi connectivity index (χ4n) is 2.62. The van der Waals surface area contributed by atoms with Gasteiger partial charge < -0.3 is 10.1 Å². The van der Waals surface area contributed by atoms with Crippen molar-refractivity contribution < 1.29 is 4.74 Å². The molecule has 2 rings (SSSR count). The maximum absolute atomic E-state index is 5.61. The van der Waals surface area contributed by atoms with Crippen LogP contribution >= 0.6 is 0 Å². The first-order valence-corrected chi connectivity index (χ1v) is 6.75. The van der Waals surface area contributed by atoms with Crippen molar-refractivity contribution in [3.05, 3.63) is 35.9 Å². The number of rotatable bonds is 5. The van der Waals surface area contributed by atoms with Gasteiger partial charge in [-0.15, -0.1) is 0 Å². The molecule has 2 heteroatoms. The molecule has 0 aromatic heterocycles. The van der Waals surface area contributed by atoms with Crippen LogP contribution in [0.2, 0.25) is 0 Å². The zero-order chi connectivity index (χ0) is 11.9. The molecule has 1 heterocycles. The Bertz CT molecular complexity index is 306. The summed E-state index contributed by atoms with van der Waals surface area (Å²) in [6.45, 7) is 5.08. The number of nitrogens with one attached hydrogen (secondary N) is 1. The molecule has 2 atom stereocenters. The number of hydrogen-bond acceptors (Lipinski definition) is 2. The van der Waals surface area contributed by atoms with Crippen molar-refractivity contribution in [3.63, 3.8) is 0 Å². The van der Waals surface area contributed by atoms with E-state index in [9.17, 15) is 0 Å². The predicted octanol–water partition coefficient (Wildman–Crippen LogP) is 2.63. The van der Waals surface area contributed by atoms with Crippen LogP contribution in [0.15, 0.2) is 30.3 Å². The standard InChI is InChI=1S/C15H23NO/c1-2-16-15(14-9-6-10-17-12-14)11-13-7-4-3-5-8-13/h3-5,7-8,14-16H,2,6,9-12H2,1H3. The Morgan fingerprint density at radius 1 is 1.35 bits per heavy atom. The Kier molecular flexibility index (Phi) is 5.02. The van der Waals surface area contributed by atoms with Crippen LogP contribution in [0.1, 0.15) is 25.3 Å². The maximum atomic E-state index is 5.61. The van der Waals surface area contributed by atoms with Crippen LogP contribution in [0, 0.1) is 5.92 Å². The number of hydrogen-bond donors (Lipinski definition) is 1. The third-order valence-corrected chi connectivity index (χ3v) is 3.53. The summed E-state index contributed by atoms with van der Waals surface area (Å²) < 4.78 is 5.61. The quantitative estimate of drug-likeness (QED) is 0.844. The molecule has 1 aromatic carbocycles. The molecule has 1 aromatic rings. The van der Waals surface area contributed by atoms with Gasteiger partial charge in [-0.3, -0.25) is 0 Å². The fraction of sp³-hybridized carbons (Fsp3) is 0.600. The van der Waals surface area contributed by atoms with Gasteiger partial charge in [0.05, 0.1) is 6.61 Å². The van der Waals surface area contributed by atoms with Gasteiger partial charge in [0.15, 0.2) is 0 Å². The fourth-order valence-corrected chi connectivity index (χ4v) is 2.62. The Morgan fingerprint density at radius 2 is 2.18 bits per heavy atom. The summed E-state index contributed by atoms with van der Waals surface area (Å²) in [5.74, 6) is 0.670. The topological polar surface area (TPSA) is 21.3 Å². The largest absolute Gasteiger partial charge is 0.381 e. The van der Waals surface area contributed by atoms with Gasteiger partial charge in [-0.2, -0.15) is 0 Å². The maximum Gasteiger partial charge on any atom is 0.0509 e. The predicted molar refractivity (Wildman–Crippen MR) is 71.2 cm³/mol. The summed E-state index contributed by atoms with van der Waals surface area (Å²) in [6, 6.07) is 11.3. The van der Waals surface area contributed by atoms with Crippen LogP contribution in [0.5, 0.6) is 0 Å². The molecular weight excluding hydrogens is 210 g/mol. The molecule has 1 fully saturated rings. The molecule has 1 saturated heterocycles. The van der Waals surface area contributed by atoms with Gasteiger partial charge in [0.1, 0.15) is 0 Å². The zero-order valence-electron chi connectivity index (χ0n) is 10.7. The lowest BCUT2D eigenvalue weighted by molar-refractivity contribution is 0.0396. The molecule has 0 bridgehead atoms. The van der Waals surface area contributed by atoms with Crippen LogP contribution < -0.4 is 5.32 Å². The minimum absolute atomic E-state index is 0.558. The summed E-state index contributed by atoms with van der Waals surface area (Å²) in [5.41, 5.74) is 1.42. The molecular formula is C15H23NO. The van der Waals surface area contributed by atoms with Crippen LogP contribution in [-0.2, 0) is 11.2 Å². The van der Waals surface area contributed by atoms with Crippen molar-refractivity contribution >= 4 is 0 Å². The Labute approximate surface area is 104 Å². The smallest absolute Gasteiger partial charge is 0.0509 e. The van der Waals surface area contributed by atoms with E-state index in [1.807, 2.05) is 0 Å². The highest BCUT2D eigenvalue weighted by Gasteiger charge is 2.23. The first kappa shape index (κ1) is 12.6. The highest BCUT2D eigenvalue weighted by atomic mass is 16.5. The van der Waals surface area contributed by atoms with Gasteiger partial charge in [0, 0.05) is 12.6 Å². The molecule has 0 amide bonds. The molecule has 2 nitrogen and oxygen atoms in total. The average molecular weight is 233 g/mol. The highest BCUT2D eigenvalue weighted by Crippen LogP contribution is 2.20. The van der Waals surface area contributed by atoms with E-state index in [-0.39, 0.29) is 0 Å². The number of likely N-dealkylation sites (N-methyl/N-ethyl adjacent to an activating group) is 1. The first-order chi connectivity index (χ1) is 8.40. The minimum atomic E-state index is 0.558. The van der Waals surface area contributed by atoms with Crippen molar-refractivity contribution in [2.75, 3.05) is 19.8 Å². The van der Waals surface area contributed by atoms with E-state index in [0.717, 1.165) is 26.2 Å². The summed E-state index contributed by atoms with van der Waals surface area (Å²) in [6.07, 6.45) is 3.62. The zero-order valence-corrected chi connectivity index (χ0v) is 10.7. The SMILES string of the molecule is CCNC(Cc1ccccc1)C1CCCOC1. The van der Waals surface area contributed by atoms with Crippen LogP contribution in [0.4, 0.5) is 0 Å². The third-order valence-electron chi connectivity index (χ3n) is 3.53. The number of benzene rings is 1.